The zero-order chi connectivity index (χ0) is 20.0. The van der Waals surface area contributed by atoms with Crippen LogP contribution in [-0.2, 0) is 17.1 Å². The second-order valence-corrected chi connectivity index (χ2v) is 7.93. The lowest BCUT2D eigenvalue weighted by Crippen LogP contribution is -2.47. The van der Waals surface area contributed by atoms with Gasteiger partial charge in [-0.15, -0.1) is 11.8 Å². The molecule has 3 N–H and O–H groups in total. The Bertz CT molecular complexity index is 788. The zero-order valence-electron chi connectivity index (χ0n) is 16.5. The van der Waals surface area contributed by atoms with Crippen molar-refractivity contribution >= 4 is 35.0 Å². The summed E-state index contributed by atoms with van der Waals surface area (Å²) < 4.78 is 5.21. The van der Waals surface area contributed by atoms with Gasteiger partial charge in [0.2, 0.25) is 5.91 Å². The molecule has 0 saturated heterocycles. The Hall–Kier alpha value is -1.99. The number of rotatable bonds is 6. The van der Waals surface area contributed by atoms with Crippen LogP contribution in [0.4, 0.5) is 0 Å². The Morgan fingerprint density at radius 3 is 2.26 bits per heavy atom. The lowest BCUT2D eigenvalue weighted by molar-refractivity contribution is -0.119. The van der Waals surface area contributed by atoms with Gasteiger partial charge in [0.1, 0.15) is 5.76 Å². The highest BCUT2D eigenvalue weighted by Gasteiger charge is 2.13. The van der Waals surface area contributed by atoms with E-state index in [-0.39, 0.29) is 5.91 Å². The van der Waals surface area contributed by atoms with E-state index < -0.39 is 0 Å². The predicted octanol–water partition coefficient (Wildman–Crippen LogP) is 3.75. The van der Waals surface area contributed by atoms with Crippen LogP contribution < -0.4 is 16.2 Å². The second-order valence-electron chi connectivity index (χ2n) is 6.53. The van der Waals surface area contributed by atoms with Crippen molar-refractivity contribution in [2.75, 3.05) is 5.75 Å². The van der Waals surface area contributed by atoms with Crippen LogP contribution in [0.1, 0.15) is 39.1 Å². The Kier molecular flexibility index (Phi) is 7.74. The maximum atomic E-state index is 12.0. The highest BCUT2D eigenvalue weighted by atomic mass is 32.2. The number of nitrogens with one attached hydrogen (secondary N) is 3. The summed E-state index contributed by atoms with van der Waals surface area (Å²) in [6.45, 7) is 11.3. The van der Waals surface area contributed by atoms with Gasteiger partial charge < -0.3 is 9.73 Å². The van der Waals surface area contributed by atoms with E-state index in [9.17, 15) is 4.79 Å². The number of amides is 1. The van der Waals surface area contributed by atoms with Crippen LogP contribution in [0.3, 0.4) is 0 Å². The van der Waals surface area contributed by atoms with Crippen molar-refractivity contribution in [3.05, 3.63) is 57.5 Å². The maximum absolute atomic E-state index is 12.0. The van der Waals surface area contributed by atoms with Gasteiger partial charge in [0.25, 0.3) is 0 Å². The molecular weight excluding hydrogens is 378 g/mol. The quantitative estimate of drug-likeness (QED) is 0.502. The lowest BCUT2D eigenvalue weighted by atomic mass is 9.90. The number of thioether (sulfide) groups is 1. The highest BCUT2D eigenvalue weighted by Crippen LogP contribution is 2.28. The summed E-state index contributed by atoms with van der Waals surface area (Å²) >= 11 is 6.72. The molecule has 0 aliphatic rings. The largest absolute Gasteiger partial charge is 0.467 e. The first-order chi connectivity index (χ1) is 12.8. The number of hydrogen-bond acceptors (Lipinski definition) is 4. The van der Waals surface area contributed by atoms with Crippen molar-refractivity contribution in [2.24, 2.45) is 0 Å². The topological polar surface area (TPSA) is 66.3 Å². The number of furan rings is 1. The van der Waals surface area contributed by atoms with Crippen LogP contribution in [0.2, 0.25) is 0 Å². The van der Waals surface area contributed by atoms with E-state index in [1.54, 1.807) is 18.0 Å². The summed E-state index contributed by atoms with van der Waals surface area (Å²) in [6, 6.07) is 3.66. The number of benzene rings is 1. The third kappa shape index (κ3) is 5.74. The van der Waals surface area contributed by atoms with Crippen molar-refractivity contribution in [2.45, 2.75) is 46.9 Å². The summed E-state index contributed by atoms with van der Waals surface area (Å²) in [5.41, 5.74) is 13.3. The second kappa shape index (κ2) is 9.80. The van der Waals surface area contributed by atoms with E-state index in [0.29, 0.717) is 17.4 Å². The monoisotopic (exact) mass is 405 g/mol. The highest BCUT2D eigenvalue weighted by molar-refractivity contribution is 7.99. The standard InChI is InChI=1S/C20H27N3O2S2/c1-12-13(2)15(4)18(16(5)14(12)3)10-27-11-19(24)22-23-20(26)21-9-17-7-6-8-25-17/h6-8H,9-11H2,1-5H3,(H,22,24)(H2,21,23,26). The molecule has 0 radical (unpaired) electrons. The predicted molar refractivity (Wildman–Crippen MR) is 116 cm³/mol. The lowest BCUT2D eigenvalue weighted by Gasteiger charge is -2.18. The maximum Gasteiger partial charge on any atom is 0.248 e. The van der Waals surface area contributed by atoms with Crippen LogP contribution in [0, 0.1) is 34.6 Å². The molecule has 1 heterocycles. The molecule has 7 heteroatoms. The first kappa shape index (κ1) is 21.3. The molecule has 0 atom stereocenters. The molecule has 27 heavy (non-hydrogen) atoms. The first-order valence-electron chi connectivity index (χ1n) is 8.79. The molecule has 1 aromatic heterocycles. The van der Waals surface area contributed by atoms with E-state index in [1.807, 2.05) is 12.1 Å². The normalized spacial score (nSPS) is 10.6. The summed E-state index contributed by atoms with van der Waals surface area (Å²) in [6.07, 6.45) is 1.60. The van der Waals surface area contributed by atoms with Crippen molar-refractivity contribution in [3.63, 3.8) is 0 Å². The van der Waals surface area contributed by atoms with Crippen LogP contribution >= 0.6 is 24.0 Å². The van der Waals surface area contributed by atoms with Gasteiger partial charge >= 0.3 is 0 Å². The molecule has 0 unspecified atom stereocenters. The van der Waals surface area contributed by atoms with Crippen LogP contribution in [0.5, 0.6) is 0 Å². The molecule has 0 aliphatic carbocycles. The molecule has 0 fully saturated rings. The van der Waals surface area contributed by atoms with Crippen molar-refractivity contribution < 1.29 is 9.21 Å². The van der Waals surface area contributed by atoms with E-state index in [2.05, 4.69) is 50.8 Å². The van der Waals surface area contributed by atoms with Gasteiger partial charge in [-0.25, -0.2) is 0 Å². The average Bonchev–Trinajstić information content (AvgIpc) is 3.17. The molecule has 1 amide bonds. The fourth-order valence-corrected chi connectivity index (χ4v) is 3.95. The van der Waals surface area contributed by atoms with E-state index in [4.69, 9.17) is 16.6 Å². The van der Waals surface area contributed by atoms with Crippen LogP contribution in [-0.4, -0.2) is 16.8 Å². The fourth-order valence-electron chi connectivity index (χ4n) is 2.83. The molecular formula is C20H27N3O2S2. The molecule has 2 rings (SSSR count). The first-order valence-corrected chi connectivity index (χ1v) is 10.4. The minimum Gasteiger partial charge on any atom is -0.467 e. The number of hydrogen-bond donors (Lipinski definition) is 3. The van der Waals surface area contributed by atoms with E-state index in [0.717, 1.165) is 11.5 Å². The van der Waals surface area contributed by atoms with Crippen molar-refractivity contribution in [1.29, 1.82) is 0 Å². The van der Waals surface area contributed by atoms with Gasteiger partial charge in [-0.3, -0.25) is 15.6 Å². The number of carbonyl (C=O) groups is 1. The molecule has 2 aromatic rings. The smallest absolute Gasteiger partial charge is 0.248 e. The SMILES string of the molecule is Cc1c(C)c(C)c(CSCC(=O)NNC(=S)NCc2ccco2)c(C)c1C. The van der Waals surface area contributed by atoms with Gasteiger partial charge in [-0.05, 0) is 92.4 Å². The zero-order valence-corrected chi connectivity index (χ0v) is 18.1. The average molecular weight is 406 g/mol. The minimum atomic E-state index is -0.113. The van der Waals surface area contributed by atoms with Gasteiger partial charge in [-0.1, -0.05) is 0 Å². The van der Waals surface area contributed by atoms with E-state index >= 15 is 0 Å². The number of thiocarbonyl (C=S) groups is 1. The van der Waals surface area contributed by atoms with Crippen molar-refractivity contribution in [3.8, 4) is 0 Å². The van der Waals surface area contributed by atoms with Gasteiger partial charge in [-0.2, -0.15) is 0 Å². The number of hydrazine groups is 1. The number of carbonyl (C=O) groups excluding carboxylic acids is 1. The van der Waals surface area contributed by atoms with Crippen LogP contribution in [0.15, 0.2) is 22.8 Å². The van der Waals surface area contributed by atoms with E-state index in [1.165, 1.54) is 33.4 Å². The molecule has 5 nitrogen and oxygen atoms in total. The Morgan fingerprint density at radius 1 is 1.04 bits per heavy atom. The molecule has 0 aliphatic heterocycles. The van der Waals surface area contributed by atoms with Gasteiger partial charge in [0.05, 0.1) is 18.6 Å². The molecule has 146 valence electrons. The Morgan fingerprint density at radius 2 is 1.67 bits per heavy atom. The summed E-state index contributed by atoms with van der Waals surface area (Å²) in [4.78, 5) is 12.0. The molecule has 0 spiro atoms. The molecule has 1 aromatic carbocycles. The fraction of sp³-hybridized carbons (Fsp3) is 0.400. The summed E-state index contributed by atoms with van der Waals surface area (Å²) in [5, 5.41) is 3.31. The van der Waals surface area contributed by atoms with Crippen molar-refractivity contribution in [1.82, 2.24) is 16.2 Å². The minimum absolute atomic E-state index is 0.113. The summed E-state index contributed by atoms with van der Waals surface area (Å²) in [5.74, 6) is 1.83. The molecule has 0 saturated carbocycles. The molecule has 0 bridgehead atoms. The Labute approximate surface area is 170 Å². The van der Waals surface area contributed by atoms with Gasteiger partial charge in [0, 0.05) is 5.75 Å². The van der Waals surface area contributed by atoms with Gasteiger partial charge in [0.15, 0.2) is 5.11 Å². The Balaban J connectivity index is 1.75. The third-order valence-electron chi connectivity index (χ3n) is 4.95. The van der Waals surface area contributed by atoms with Crippen LogP contribution in [0.25, 0.3) is 0 Å². The summed E-state index contributed by atoms with van der Waals surface area (Å²) in [7, 11) is 0. The third-order valence-corrected chi connectivity index (χ3v) is 6.16.